The summed E-state index contributed by atoms with van der Waals surface area (Å²) in [6.07, 6.45) is 1.77. The van der Waals surface area contributed by atoms with Gasteiger partial charge in [0.2, 0.25) is 5.67 Å². The van der Waals surface area contributed by atoms with Crippen LogP contribution in [-0.2, 0) is 11.2 Å². The number of halogens is 2. The summed E-state index contributed by atoms with van der Waals surface area (Å²) in [6, 6.07) is 18.6. The highest BCUT2D eigenvalue weighted by atomic mass is 19.2. The number of imidazole rings is 1. The fraction of sp³-hybridized carbons (Fsp3) is 0.222. The average molecular weight is 488 g/mol. The molecule has 6 rings (SSSR count). The number of ether oxygens (including phenoxy) is 2. The first kappa shape index (κ1) is 22.2. The van der Waals surface area contributed by atoms with Gasteiger partial charge < -0.3 is 19.8 Å². The van der Waals surface area contributed by atoms with Crippen molar-refractivity contribution in [2.45, 2.75) is 30.6 Å². The lowest BCUT2D eigenvalue weighted by molar-refractivity contribution is -0.122. The van der Waals surface area contributed by atoms with E-state index in [1.165, 1.54) is 12.3 Å². The smallest absolute Gasteiger partial charge is 0.266 e. The molecule has 0 radical (unpaired) electrons. The summed E-state index contributed by atoms with van der Waals surface area (Å²) in [4.78, 5) is 23.9. The van der Waals surface area contributed by atoms with Gasteiger partial charge in [0, 0.05) is 18.7 Å². The lowest BCUT2D eigenvalue weighted by Gasteiger charge is -2.24. The molecule has 1 amide bonds. The topological polar surface area (TPSA) is 89.1 Å². The highest BCUT2D eigenvalue weighted by Gasteiger charge is 2.63. The number of amides is 1. The van der Waals surface area contributed by atoms with Crippen molar-refractivity contribution in [1.82, 2.24) is 15.0 Å². The van der Waals surface area contributed by atoms with Crippen LogP contribution in [0.25, 0.3) is 11.3 Å². The van der Waals surface area contributed by atoms with E-state index in [1.54, 1.807) is 12.1 Å². The van der Waals surface area contributed by atoms with Gasteiger partial charge in [0.1, 0.15) is 35.1 Å². The first-order chi connectivity index (χ1) is 17.5. The van der Waals surface area contributed by atoms with Gasteiger partial charge in [-0.05, 0) is 41.8 Å². The number of benzene rings is 2. The number of aromatic nitrogens is 3. The van der Waals surface area contributed by atoms with Crippen LogP contribution in [0.1, 0.15) is 23.7 Å². The third-order valence-electron chi connectivity index (χ3n) is 6.40. The van der Waals surface area contributed by atoms with Crippen molar-refractivity contribution < 1.29 is 23.0 Å². The predicted octanol–water partition coefficient (Wildman–Crippen LogP) is 5.37. The largest absolute Gasteiger partial charge is 0.493 e. The summed E-state index contributed by atoms with van der Waals surface area (Å²) in [5.74, 6) is 1.72. The molecule has 2 aromatic heterocycles. The average Bonchev–Trinajstić information content (AvgIpc) is 3.28. The SMILES string of the molecule is O=C(Nc1cc(Oc2ccc3c(c2)CC(c2ncc(-c4ccccc4)[nH]2)CO3)ccn1)C1(F)CC1F. The van der Waals surface area contributed by atoms with Crippen LogP contribution in [0.15, 0.2) is 73.1 Å². The van der Waals surface area contributed by atoms with Crippen LogP contribution in [-0.4, -0.2) is 39.3 Å². The molecular weight excluding hydrogens is 466 g/mol. The Hall–Kier alpha value is -4.27. The molecule has 3 atom stereocenters. The van der Waals surface area contributed by atoms with Gasteiger partial charge in [0.25, 0.3) is 5.91 Å². The predicted molar refractivity (Wildman–Crippen MR) is 129 cm³/mol. The number of alkyl halides is 2. The highest BCUT2D eigenvalue weighted by Crippen LogP contribution is 2.44. The van der Waals surface area contributed by atoms with Crippen molar-refractivity contribution >= 4 is 11.7 Å². The van der Waals surface area contributed by atoms with E-state index in [4.69, 9.17) is 9.47 Å². The molecule has 2 N–H and O–H groups in total. The molecule has 182 valence electrons. The van der Waals surface area contributed by atoms with Crippen molar-refractivity contribution in [2.75, 3.05) is 11.9 Å². The number of anilines is 1. The molecule has 0 spiro atoms. The van der Waals surface area contributed by atoms with Gasteiger partial charge in [-0.15, -0.1) is 0 Å². The summed E-state index contributed by atoms with van der Waals surface area (Å²) in [5.41, 5.74) is 0.534. The molecule has 36 heavy (non-hydrogen) atoms. The Morgan fingerprint density at radius 2 is 1.92 bits per heavy atom. The number of pyridine rings is 1. The number of aromatic amines is 1. The third kappa shape index (κ3) is 4.28. The summed E-state index contributed by atoms with van der Waals surface area (Å²) < 4.78 is 39.0. The van der Waals surface area contributed by atoms with E-state index < -0.39 is 24.2 Å². The van der Waals surface area contributed by atoms with Crippen LogP contribution in [0.4, 0.5) is 14.6 Å². The molecule has 1 aliphatic carbocycles. The maximum Gasteiger partial charge on any atom is 0.266 e. The second-order valence-corrected chi connectivity index (χ2v) is 9.00. The first-order valence-corrected chi connectivity index (χ1v) is 11.6. The Balaban J connectivity index is 1.15. The molecule has 4 aromatic rings. The number of nitrogens with zero attached hydrogens (tertiary/aromatic N) is 2. The molecule has 2 aliphatic rings. The van der Waals surface area contributed by atoms with Crippen LogP contribution in [0.3, 0.4) is 0 Å². The zero-order valence-corrected chi connectivity index (χ0v) is 19.1. The summed E-state index contributed by atoms with van der Waals surface area (Å²) >= 11 is 0. The minimum Gasteiger partial charge on any atom is -0.493 e. The van der Waals surface area contributed by atoms with Crippen LogP contribution in [0.2, 0.25) is 0 Å². The van der Waals surface area contributed by atoms with E-state index in [0.717, 1.165) is 34.8 Å². The molecule has 1 fully saturated rings. The van der Waals surface area contributed by atoms with Gasteiger partial charge in [-0.25, -0.2) is 18.7 Å². The molecule has 1 aliphatic heterocycles. The van der Waals surface area contributed by atoms with E-state index >= 15 is 0 Å². The molecule has 3 unspecified atom stereocenters. The normalized spacial score (nSPS) is 22.3. The van der Waals surface area contributed by atoms with E-state index in [9.17, 15) is 13.6 Å². The first-order valence-electron chi connectivity index (χ1n) is 11.6. The lowest BCUT2D eigenvalue weighted by Crippen LogP contribution is -2.28. The van der Waals surface area contributed by atoms with Crippen LogP contribution >= 0.6 is 0 Å². The Morgan fingerprint density at radius 3 is 2.72 bits per heavy atom. The highest BCUT2D eigenvalue weighted by molar-refractivity contribution is 5.99. The molecule has 3 heterocycles. The number of carbonyl (C=O) groups excluding carboxylic acids is 1. The lowest BCUT2D eigenvalue weighted by atomic mass is 9.96. The second-order valence-electron chi connectivity index (χ2n) is 9.00. The van der Waals surface area contributed by atoms with Crippen molar-refractivity contribution in [1.29, 1.82) is 0 Å². The minimum atomic E-state index is -2.47. The van der Waals surface area contributed by atoms with Gasteiger partial charge in [0.15, 0.2) is 0 Å². The maximum absolute atomic E-state index is 14.0. The van der Waals surface area contributed by atoms with Gasteiger partial charge in [0.05, 0.1) is 24.4 Å². The zero-order valence-electron chi connectivity index (χ0n) is 19.1. The molecule has 0 bridgehead atoms. The van der Waals surface area contributed by atoms with Gasteiger partial charge in [-0.1, -0.05) is 30.3 Å². The van der Waals surface area contributed by atoms with E-state index in [1.807, 2.05) is 48.7 Å². The summed E-state index contributed by atoms with van der Waals surface area (Å²) in [5, 5.41) is 2.31. The Morgan fingerprint density at radius 1 is 1.11 bits per heavy atom. The fourth-order valence-corrected chi connectivity index (χ4v) is 4.25. The third-order valence-corrected chi connectivity index (χ3v) is 6.40. The Labute approximate surface area is 205 Å². The Kier molecular flexibility index (Phi) is 5.40. The van der Waals surface area contributed by atoms with E-state index in [2.05, 4.69) is 20.3 Å². The number of H-pyrrole nitrogens is 1. The van der Waals surface area contributed by atoms with Crippen molar-refractivity contribution in [3.8, 4) is 28.5 Å². The Bertz CT molecular complexity index is 1430. The number of carbonyl (C=O) groups is 1. The van der Waals surface area contributed by atoms with Gasteiger partial charge in [-0.2, -0.15) is 0 Å². The molecule has 9 heteroatoms. The minimum absolute atomic E-state index is 0.0581. The van der Waals surface area contributed by atoms with Crippen molar-refractivity contribution in [2.24, 2.45) is 0 Å². The second kappa shape index (κ2) is 8.75. The number of fused-ring (bicyclic) bond motifs is 1. The molecular formula is C27H22F2N4O3. The van der Waals surface area contributed by atoms with Gasteiger partial charge in [-0.3, -0.25) is 4.79 Å². The molecule has 0 saturated heterocycles. The number of hydrogen-bond donors (Lipinski definition) is 2. The van der Waals surface area contributed by atoms with E-state index in [-0.39, 0.29) is 11.7 Å². The van der Waals surface area contributed by atoms with Crippen LogP contribution < -0.4 is 14.8 Å². The monoisotopic (exact) mass is 488 g/mol. The quantitative estimate of drug-likeness (QED) is 0.381. The zero-order chi connectivity index (χ0) is 24.7. The van der Waals surface area contributed by atoms with E-state index in [0.29, 0.717) is 18.1 Å². The van der Waals surface area contributed by atoms with Gasteiger partial charge >= 0.3 is 0 Å². The molecule has 7 nitrogen and oxygen atoms in total. The maximum atomic E-state index is 14.0. The summed E-state index contributed by atoms with van der Waals surface area (Å²) in [7, 11) is 0. The number of hydrogen-bond acceptors (Lipinski definition) is 5. The number of nitrogens with one attached hydrogen (secondary N) is 2. The molecule has 1 saturated carbocycles. The standard InChI is InChI=1S/C27H22F2N4O3/c28-23-13-27(23,29)26(34)33-24-12-20(8-9-30-24)36-19-6-7-22-17(11-19)10-18(15-35-22)25-31-14-21(32-25)16-4-2-1-3-5-16/h1-9,11-12,14,18,23H,10,13,15H2,(H,31,32)(H,30,33,34). The van der Waals surface area contributed by atoms with Crippen LogP contribution in [0.5, 0.6) is 17.2 Å². The molecule has 2 aromatic carbocycles. The van der Waals surface area contributed by atoms with Crippen molar-refractivity contribution in [3.05, 3.63) is 84.4 Å². The van der Waals surface area contributed by atoms with Crippen LogP contribution in [0, 0.1) is 0 Å². The summed E-state index contributed by atoms with van der Waals surface area (Å²) in [6.45, 7) is 0.512. The fourth-order valence-electron chi connectivity index (χ4n) is 4.25. The number of rotatable bonds is 6. The van der Waals surface area contributed by atoms with Crippen molar-refractivity contribution in [3.63, 3.8) is 0 Å².